The van der Waals surface area contributed by atoms with Gasteiger partial charge in [-0.3, -0.25) is 4.79 Å². The average Bonchev–Trinajstić information content (AvgIpc) is 2.63. The summed E-state index contributed by atoms with van der Waals surface area (Å²) in [5, 5.41) is 3.53. The van der Waals surface area contributed by atoms with Gasteiger partial charge in [0.05, 0.1) is 6.54 Å². The topological polar surface area (TPSA) is 34.0 Å². The van der Waals surface area contributed by atoms with Crippen molar-refractivity contribution in [2.45, 2.75) is 40.4 Å². The smallest absolute Gasteiger partial charge is 0.250 e. The van der Waals surface area contributed by atoms with E-state index in [9.17, 15) is 4.79 Å². The fourth-order valence-electron chi connectivity index (χ4n) is 3.10. The molecule has 1 heterocycles. The third kappa shape index (κ3) is 4.50. The van der Waals surface area contributed by atoms with Crippen LogP contribution in [-0.2, 0) is 19.6 Å². The monoisotopic (exact) mass is 346 g/mol. The van der Waals surface area contributed by atoms with E-state index in [1.54, 1.807) is 16.7 Å². The quantitative estimate of drug-likeness (QED) is 0.729. The first kappa shape index (κ1) is 18.2. The number of aromatic nitrogens is 1. The molecule has 0 amide bonds. The molecule has 0 atom stereocenters. The molecule has 134 valence electrons. The Labute approximate surface area is 155 Å². The van der Waals surface area contributed by atoms with Crippen LogP contribution in [0.1, 0.15) is 33.4 Å². The van der Waals surface area contributed by atoms with E-state index in [1.807, 2.05) is 12.3 Å². The van der Waals surface area contributed by atoms with E-state index in [0.717, 1.165) is 18.7 Å². The van der Waals surface area contributed by atoms with Crippen LogP contribution in [0, 0.1) is 20.8 Å². The predicted octanol–water partition coefficient (Wildman–Crippen LogP) is 4.11. The van der Waals surface area contributed by atoms with Crippen molar-refractivity contribution in [3.05, 3.63) is 105 Å². The van der Waals surface area contributed by atoms with E-state index in [1.165, 1.54) is 27.8 Å². The van der Waals surface area contributed by atoms with Crippen molar-refractivity contribution in [3.63, 3.8) is 0 Å². The summed E-state index contributed by atoms with van der Waals surface area (Å²) in [7, 11) is 0. The van der Waals surface area contributed by atoms with E-state index < -0.39 is 0 Å². The summed E-state index contributed by atoms with van der Waals surface area (Å²) in [6.07, 6.45) is 1.82. The van der Waals surface area contributed by atoms with Crippen LogP contribution in [0.2, 0.25) is 0 Å². The molecule has 0 unspecified atom stereocenters. The maximum atomic E-state index is 11.8. The molecule has 0 spiro atoms. The Morgan fingerprint density at radius 3 is 2.23 bits per heavy atom. The Balaban J connectivity index is 1.57. The molecule has 3 aromatic rings. The van der Waals surface area contributed by atoms with Gasteiger partial charge in [-0.1, -0.05) is 42.5 Å². The first-order valence-electron chi connectivity index (χ1n) is 9.03. The maximum Gasteiger partial charge on any atom is 0.250 e. The van der Waals surface area contributed by atoms with Gasteiger partial charge in [0.2, 0.25) is 0 Å². The van der Waals surface area contributed by atoms with Gasteiger partial charge in [-0.25, -0.2) is 0 Å². The van der Waals surface area contributed by atoms with Crippen molar-refractivity contribution in [1.29, 1.82) is 0 Å². The van der Waals surface area contributed by atoms with Gasteiger partial charge in [-0.05, 0) is 60.2 Å². The van der Waals surface area contributed by atoms with E-state index in [2.05, 4.69) is 62.5 Å². The molecule has 0 radical (unpaired) electrons. The number of nitrogens with zero attached hydrogens (tertiary/aromatic N) is 1. The van der Waals surface area contributed by atoms with Crippen LogP contribution in [0.15, 0.2) is 65.6 Å². The molecule has 3 rings (SSSR count). The van der Waals surface area contributed by atoms with Crippen molar-refractivity contribution in [3.8, 4) is 0 Å². The second-order valence-electron chi connectivity index (χ2n) is 6.95. The molecular formula is C23H26N2O. The molecule has 0 bridgehead atoms. The van der Waals surface area contributed by atoms with Gasteiger partial charge in [-0.2, -0.15) is 0 Å². The summed E-state index contributed by atoms with van der Waals surface area (Å²) >= 11 is 0. The van der Waals surface area contributed by atoms with Gasteiger partial charge in [0.25, 0.3) is 5.56 Å². The van der Waals surface area contributed by atoms with E-state index in [4.69, 9.17) is 0 Å². The Kier molecular flexibility index (Phi) is 5.69. The highest BCUT2D eigenvalue weighted by atomic mass is 16.1. The molecule has 0 aliphatic carbocycles. The fourth-order valence-corrected chi connectivity index (χ4v) is 3.10. The Hall–Kier alpha value is -2.65. The lowest BCUT2D eigenvalue weighted by Crippen LogP contribution is -2.18. The van der Waals surface area contributed by atoms with Crippen molar-refractivity contribution in [2.24, 2.45) is 0 Å². The summed E-state index contributed by atoms with van der Waals surface area (Å²) < 4.78 is 1.72. The molecule has 0 aliphatic heterocycles. The molecule has 3 heteroatoms. The fraction of sp³-hybridized carbons (Fsp3) is 0.261. The molecule has 0 fully saturated rings. The summed E-state index contributed by atoms with van der Waals surface area (Å²) in [4.78, 5) is 11.8. The zero-order chi connectivity index (χ0) is 18.5. The predicted molar refractivity (Wildman–Crippen MR) is 107 cm³/mol. The van der Waals surface area contributed by atoms with Crippen LogP contribution in [0.3, 0.4) is 0 Å². The summed E-state index contributed by atoms with van der Waals surface area (Å²) in [5.41, 5.74) is 7.79. The molecule has 2 aromatic carbocycles. The van der Waals surface area contributed by atoms with E-state index in [-0.39, 0.29) is 5.56 Å². The zero-order valence-electron chi connectivity index (χ0n) is 15.8. The van der Waals surface area contributed by atoms with Crippen molar-refractivity contribution in [1.82, 2.24) is 9.88 Å². The van der Waals surface area contributed by atoms with Crippen LogP contribution in [0.5, 0.6) is 0 Å². The molecule has 1 aromatic heterocycles. The molecule has 0 saturated heterocycles. The summed E-state index contributed by atoms with van der Waals surface area (Å²) in [5.74, 6) is 0. The standard InChI is InChI=1S/C23H26N2O/c1-17-12-19(3)22(13-18(17)2)15-24-14-20-7-9-21(10-8-20)16-25-11-5-4-6-23(25)26/h4-13,24H,14-16H2,1-3H3. The molecule has 26 heavy (non-hydrogen) atoms. The van der Waals surface area contributed by atoms with E-state index >= 15 is 0 Å². The lowest BCUT2D eigenvalue weighted by molar-refractivity contribution is 0.689. The van der Waals surface area contributed by atoms with Crippen LogP contribution < -0.4 is 10.9 Å². The number of rotatable bonds is 6. The molecule has 1 N–H and O–H groups in total. The number of pyridine rings is 1. The van der Waals surface area contributed by atoms with Gasteiger partial charge in [-0.15, -0.1) is 0 Å². The van der Waals surface area contributed by atoms with Crippen molar-refractivity contribution >= 4 is 0 Å². The van der Waals surface area contributed by atoms with Gasteiger partial charge in [0.15, 0.2) is 0 Å². The third-order valence-electron chi connectivity index (χ3n) is 4.87. The minimum atomic E-state index is 0.0296. The van der Waals surface area contributed by atoms with Crippen molar-refractivity contribution in [2.75, 3.05) is 0 Å². The highest BCUT2D eigenvalue weighted by Crippen LogP contribution is 2.15. The van der Waals surface area contributed by atoms with Crippen molar-refractivity contribution < 1.29 is 0 Å². The number of nitrogens with one attached hydrogen (secondary N) is 1. The molecule has 3 nitrogen and oxygen atoms in total. The second kappa shape index (κ2) is 8.15. The van der Waals surface area contributed by atoms with Crippen LogP contribution in [-0.4, -0.2) is 4.57 Å². The maximum absolute atomic E-state index is 11.8. The van der Waals surface area contributed by atoms with E-state index in [0.29, 0.717) is 6.54 Å². The Bertz CT molecular complexity index is 939. The first-order chi connectivity index (χ1) is 12.5. The lowest BCUT2D eigenvalue weighted by atomic mass is 10.0. The number of aryl methyl sites for hydroxylation is 3. The number of hydrogen-bond donors (Lipinski definition) is 1. The van der Waals surface area contributed by atoms with Gasteiger partial charge in [0, 0.05) is 25.4 Å². The first-order valence-corrected chi connectivity index (χ1v) is 9.03. The summed E-state index contributed by atoms with van der Waals surface area (Å²) in [6, 6.07) is 18.2. The van der Waals surface area contributed by atoms with Crippen LogP contribution >= 0.6 is 0 Å². The van der Waals surface area contributed by atoms with Gasteiger partial charge < -0.3 is 9.88 Å². The summed E-state index contributed by atoms with van der Waals surface area (Å²) in [6.45, 7) is 8.80. The second-order valence-corrected chi connectivity index (χ2v) is 6.95. The zero-order valence-corrected chi connectivity index (χ0v) is 15.8. The Morgan fingerprint density at radius 1 is 0.808 bits per heavy atom. The highest BCUT2D eigenvalue weighted by molar-refractivity contribution is 5.36. The average molecular weight is 346 g/mol. The van der Waals surface area contributed by atoms with Crippen LogP contribution in [0.25, 0.3) is 0 Å². The molecule has 0 saturated carbocycles. The number of benzene rings is 2. The lowest BCUT2D eigenvalue weighted by Gasteiger charge is -2.11. The van der Waals surface area contributed by atoms with Gasteiger partial charge in [0.1, 0.15) is 0 Å². The minimum absolute atomic E-state index is 0.0296. The molecular weight excluding hydrogens is 320 g/mol. The third-order valence-corrected chi connectivity index (χ3v) is 4.87. The van der Waals surface area contributed by atoms with Crippen LogP contribution in [0.4, 0.5) is 0 Å². The number of hydrogen-bond acceptors (Lipinski definition) is 2. The van der Waals surface area contributed by atoms with Gasteiger partial charge >= 0.3 is 0 Å². The largest absolute Gasteiger partial charge is 0.311 e. The highest BCUT2D eigenvalue weighted by Gasteiger charge is 2.02. The molecule has 0 aliphatic rings. The minimum Gasteiger partial charge on any atom is -0.311 e. The normalized spacial score (nSPS) is 10.9. The Morgan fingerprint density at radius 2 is 1.50 bits per heavy atom. The SMILES string of the molecule is Cc1cc(C)c(CNCc2ccc(Cn3ccccc3=O)cc2)cc1C.